The smallest absolute Gasteiger partial charge is 0.220 e. The van der Waals surface area contributed by atoms with Crippen molar-refractivity contribution < 1.29 is 4.79 Å². The predicted octanol–water partition coefficient (Wildman–Crippen LogP) is 0.478. The zero-order valence-corrected chi connectivity index (χ0v) is 8.94. The van der Waals surface area contributed by atoms with Gasteiger partial charge in [0.25, 0.3) is 0 Å². The van der Waals surface area contributed by atoms with Crippen LogP contribution in [0.5, 0.6) is 0 Å². The number of amides is 1. The lowest BCUT2D eigenvalue weighted by Gasteiger charge is -2.10. The quantitative estimate of drug-likeness (QED) is 0.737. The van der Waals surface area contributed by atoms with Crippen molar-refractivity contribution in [1.29, 1.82) is 0 Å². The molecule has 0 aromatic carbocycles. The molecule has 1 aromatic heterocycles. The fraction of sp³-hybridized carbons (Fsp3) is 0.455. The van der Waals surface area contributed by atoms with Gasteiger partial charge in [-0.1, -0.05) is 6.07 Å². The topological polar surface area (TPSA) is 68.0 Å². The van der Waals surface area contributed by atoms with Crippen molar-refractivity contribution in [2.45, 2.75) is 25.8 Å². The molecule has 1 amide bonds. The van der Waals surface area contributed by atoms with E-state index in [-0.39, 0.29) is 11.9 Å². The normalized spacial score (nSPS) is 12.1. The molecule has 0 radical (unpaired) electrons. The Morgan fingerprint density at radius 1 is 1.60 bits per heavy atom. The largest absolute Gasteiger partial charge is 0.352 e. The van der Waals surface area contributed by atoms with Crippen LogP contribution >= 0.6 is 0 Å². The van der Waals surface area contributed by atoms with Crippen LogP contribution in [0.3, 0.4) is 0 Å². The second-order valence-corrected chi connectivity index (χ2v) is 3.53. The summed E-state index contributed by atoms with van der Waals surface area (Å²) in [6.07, 6.45) is 2.86. The summed E-state index contributed by atoms with van der Waals surface area (Å²) in [6, 6.07) is 5.74. The summed E-state index contributed by atoms with van der Waals surface area (Å²) in [5.41, 5.74) is 6.34. The second kappa shape index (κ2) is 6.14. The van der Waals surface area contributed by atoms with Gasteiger partial charge >= 0.3 is 0 Å². The third-order valence-electron chi connectivity index (χ3n) is 2.10. The number of nitrogens with one attached hydrogen (secondary N) is 1. The first-order valence-electron chi connectivity index (χ1n) is 5.11. The summed E-state index contributed by atoms with van der Waals surface area (Å²) >= 11 is 0. The summed E-state index contributed by atoms with van der Waals surface area (Å²) in [4.78, 5) is 15.5. The molecule has 0 spiro atoms. The van der Waals surface area contributed by atoms with Crippen molar-refractivity contribution in [2.75, 3.05) is 6.54 Å². The molecule has 0 aliphatic carbocycles. The van der Waals surface area contributed by atoms with Crippen LogP contribution in [-0.4, -0.2) is 23.5 Å². The van der Waals surface area contributed by atoms with E-state index in [0.29, 0.717) is 19.4 Å². The molecular formula is C11H17N3O. The first-order chi connectivity index (χ1) is 7.22. The Bertz CT molecular complexity index is 300. The highest BCUT2D eigenvalue weighted by atomic mass is 16.1. The predicted molar refractivity (Wildman–Crippen MR) is 59.2 cm³/mol. The van der Waals surface area contributed by atoms with Gasteiger partial charge in [0.1, 0.15) is 0 Å². The van der Waals surface area contributed by atoms with Gasteiger partial charge < -0.3 is 11.1 Å². The molecule has 4 heteroatoms. The van der Waals surface area contributed by atoms with E-state index in [1.807, 2.05) is 25.1 Å². The number of aromatic nitrogens is 1. The molecule has 0 aliphatic heterocycles. The number of rotatable bonds is 5. The van der Waals surface area contributed by atoms with Gasteiger partial charge in [0.2, 0.25) is 5.91 Å². The number of pyridine rings is 1. The van der Waals surface area contributed by atoms with Crippen molar-refractivity contribution in [3.05, 3.63) is 30.1 Å². The van der Waals surface area contributed by atoms with E-state index >= 15 is 0 Å². The zero-order valence-electron chi connectivity index (χ0n) is 8.94. The minimum absolute atomic E-state index is 0.0265. The zero-order chi connectivity index (χ0) is 11.1. The highest BCUT2D eigenvalue weighted by Crippen LogP contribution is 1.98. The molecule has 4 nitrogen and oxygen atoms in total. The van der Waals surface area contributed by atoms with Gasteiger partial charge in [-0.05, 0) is 25.5 Å². The van der Waals surface area contributed by atoms with E-state index in [1.54, 1.807) is 6.20 Å². The van der Waals surface area contributed by atoms with Gasteiger partial charge in [0.15, 0.2) is 0 Å². The third kappa shape index (κ3) is 4.56. The SMILES string of the molecule is CC(CN)NC(=O)CCc1ccccn1. The van der Waals surface area contributed by atoms with Crippen LogP contribution < -0.4 is 11.1 Å². The molecule has 15 heavy (non-hydrogen) atoms. The van der Waals surface area contributed by atoms with E-state index in [2.05, 4.69) is 10.3 Å². The molecule has 3 N–H and O–H groups in total. The van der Waals surface area contributed by atoms with Gasteiger partial charge in [-0.15, -0.1) is 0 Å². The standard InChI is InChI=1S/C11H17N3O/c1-9(8-12)14-11(15)6-5-10-4-2-3-7-13-10/h2-4,7,9H,5-6,8,12H2,1H3,(H,14,15). The van der Waals surface area contributed by atoms with Crippen molar-refractivity contribution in [1.82, 2.24) is 10.3 Å². The molecule has 0 aliphatic rings. The average molecular weight is 207 g/mol. The highest BCUT2D eigenvalue weighted by Gasteiger charge is 2.05. The number of hydrogen-bond acceptors (Lipinski definition) is 3. The van der Waals surface area contributed by atoms with Crippen LogP contribution in [0.4, 0.5) is 0 Å². The average Bonchev–Trinajstić information content (AvgIpc) is 2.27. The maximum absolute atomic E-state index is 11.4. The number of carbonyl (C=O) groups excluding carboxylic acids is 1. The fourth-order valence-electron chi connectivity index (χ4n) is 1.19. The summed E-state index contributed by atoms with van der Waals surface area (Å²) in [7, 11) is 0. The van der Waals surface area contributed by atoms with Crippen molar-refractivity contribution in [3.8, 4) is 0 Å². The van der Waals surface area contributed by atoms with Gasteiger partial charge in [-0.3, -0.25) is 9.78 Å². The first-order valence-corrected chi connectivity index (χ1v) is 5.11. The van der Waals surface area contributed by atoms with Crippen molar-refractivity contribution in [2.24, 2.45) is 5.73 Å². The summed E-state index contributed by atoms with van der Waals surface area (Å²) in [6.45, 7) is 2.36. The fourth-order valence-corrected chi connectivity index (χ4v) is 1.19. The van der Waals surface area contributed by atoms with E-state index in [9.17, 15) is 4.79 Å². The number of aryl methyl sites for hydroxylation is 1. The van der Waals surface area contributed by atoms with Crippen molar-refractivity contribution in [3.63, 3.8) is 0 Å². The lowest BCUT2D eigenvalue weighted by Crippen LogP contribution is -2.37. The number of nitrogens with zero attached hydrogens (tertiary/aromatic N) is 1. The van der Waals surface area contributed by atoms with Crippen molar-refractivity contribution >= 4 is 5.91 Å². The Labute approximate surface area is 89.9 Å². The van der Waals surface area contributed by atoms with Crippen LogP contribution in [0.25, 0.3) is 0 Å². The van der Waals surface area contributed by atoms with Gasteiger partial charge in [-0.25, -0.2) is 0 Å². The van der Waals surface area contributed by atoms with E-state index in [0.717, 1.165) is 5.69 Å². The first kappa shape index (κ1) is 11.7. The molecular weight excluding hydrogens is 190 g/mol. The Morgan fingerprint density at radius 2 is 2.40 bits per heavy atom. The molecule has 0 fully saturated rings. The molecule has 1 aromatic rings. The lowest BCUT2D eigenvalue weighted by atomic mass is 10.2. The lowest BCUT2D eigenvalue weighted by molar-refractivity contribution is -0.121. The minimum Gasteiger partial charge on any atom is -0.352 e. The Hall–Kier alpha value is -1.42. The highest BCUT2D eigenvalue weighted by molar-refractivity contribution is 5.76. The van der Waals surface area contributed by atoms with Crippen LogP contribution in [0.2, 0.25) is 0 Å². The molecule has 0 saturated heterocycles. The summed E-state index contributed by atoms with van der Waals surface area (Å²) in [5.74, 6) is 0.0265. The van der Waals surface area contributed by atoms with Crippen LogP contribution in [0, 0.1) is 0 Å². The van der Waals surface area contributed by atoms with Crippen LogP contribution in [0.15, 0.2) is 24.4 Å². The molecule has 1 unspecified atom stereocenters. The Kier molecular flexibility index (Phi) is 4.77. The van der Waals surface area contributed by atoms with Gasteiger partial charge in [0, 0.05) is 30.9 Å². The summed E-state index contributed by atoms with van der Waals surface area (Å²) < 4.78 is 0. The molecule has 1 heterocycles. The number of hydrogen-bond donors (Lipinski definition) is 2. The molecule has 1 rings (SSSR count). The maximum atomic E-state index is 11.4. The number of carbonyl (C=O) groups is 1. The molecule has 0 bridgehead atoms. The maximum Gasteiger partial charge on any atom is 0.220 e. The molecule has 0 saturated carbocycles. The molecule has 1 atom stereocenters. The van der Waals surface area contributed by atoms with Crippen LogP contribution in [-0.2, 0) is 11.2 Å². The minimum atomic E-state index is 0.0265. The second-order valence-electron chi connectivity index (χ2n) is 3.53. The third-order valence-corrected chi connectivity index (χ3v) is 2.10. The Morgan fingerprint density at radius 3 is 3.00 bits per heavy atom. The Balaban J connectivity index is 2.29. The van der Waals surface area contributed by atoms with E-state index < -0.39 is 0 Å². The monoisotopic (exact) mass is 207 g/mol. The van der Waals surface area contributed by atoms with E-state index in [4.69, 9.17) is 5.73 Å². The number of nitrogens with two attached hydrogens (primary N) is 1. The van der Waals surface area contributed by atoms with Gasteiger partial charge in [0.05, 0.1) is 0 Å². The van der Waals surface area contributed by atoms with Gasteiger partial charge in [-0.2, -0.15) is 0 Å². The van der Waals surface area contributed by atoms with Crippen LogP contribution in [0.1, 0.15) is 19.0 Å². The summed E-state index contributed by atoms with van der Waals surface area (Å²) in [5, 5.41) is 2.81. The molecule has 82 valence electrons. The van der Waals surface area contributed by atoms with E-state index in [1.165, 1.54) is 0 Å².